The molecule has 0 aliphatic carbocycles. The maximum absolute atomic E-state index is 4.29. The van der Waals surface area contributed by atoms with Crippen LogP contribution in [-0.4, -0.2) is 37.4 Å². The lowest BCUT2D eigenvalue weighted by molar-refractivity contribution is 1.18. The Hall–Kier alpha value is -17.5. The molecule has 0 spiro atoms. The predicted molar refractivity (Wildman–Crippen MR) is 546 cm³/mol. The summed E-state index contributed by atoms with van der Waals surface area (Å²) in [5.74, 6) is 0. The predicted octanol–water partition coefficient (Wildman–Crippen LogP) is 31.9. The number of para-hydroxylation sites is 9. The molecule has 27 rings (SSSR count). The van der Waals surface area contributed by atoms with E-state index >= 15 is 0 Å². The highest BCUT2D eigenvalue weighted by atomic mass is 15.0. The van der Waals surface area contributed by atoms with Gasteiger partial charge in [-0.15, -0.1) is 0 Å². The smallest absolute Gasteiger partial charge is 0.0547 e. The standard InChI is InChI=1S/2C41H27N3.C40H26N2/c1-2-10-32(11-3-1)43-38-14-6-4-12-34(38)36-25-29(18-22-40(36)43)30-19-23-41-37(26-30)35-13-5-7-15-39(35)44(41)33-20-16-28(17-21-33)31-9-8-24-42-27-31;1-2-8-32(9-3-1)43-38-12-6-4-10-34(38)36-26-30(16-20-40(36)43)31-17-21-41-37(27-31)35-11-5-7-13-39(35)44(41)33-18-14-28(15-19-33)29-22-24-42-25-23-29;1-3-12-30(13-4-1)41-36-18-10-9-17-33(36)34-25-28(20-22-37(34)41)29-21-23-38-35(26-29)40-32-16-8-7-11-27(32)19-24-39(40)42(38)31-14-5-2-6-15-31/h2*1-27H;1-26H. The van der Waals surface area contributed by atoms with E-state index in [0.29, 0.717) is 0 Å². The van der Waals surface area contributed by atoms with Gasteiger partial charge in [0.2, 0.25) is 0 Å². The number of nitrogens with zero attached hydrogens (tertiary/aromatic N) is 8. The van der Waals surface area contributed by atoms with Gasteiger partial charge in [-0.05, 0) is 267 Å². The van der Waals surface area contributed by atoms with E-state index < -0.39 is 0 Å². The number of fused-ring (bicyclic) bond motifs is 20. The Morgan fingerprint density at radius 1 is 0.131 bits per heavy atom. The van der Waals surface area contributed by atoms with Gasteiger partial charge in [-0.1, -0.05) is 261 Å². The fourth-order valence-electron chi connectivity index (χ4n) is 20.4. The Morgan fingerprint density at radius 3 is 0.708 bits per heavy atom. The highest BCUT2D eigenvalue weighted by Gasteiger charge is 2.23. The molecule has 0 aliphatic heterocycles. The van der Waals surface area contributed by atoms with Crippen molar-refractivity contribution >= 4 is 142 Å². The molecular weight excluding hydrogens is 1580 g/mol. The van der Waals surface area contributed by atoms with Gasteiger partial charge >= 0.3 is 0 Å². The molecule has 608 valence electrons. The summed E-state index contributed by atoms with van der Waals surface area (Å²) in [6, 6.07) is 167. The molecule has 0 saturated carbocycles. The van der Waals surface area contributed by atoms with Crippen LogP contribution < -0.4 is 0 Å². The van der Waals surface area contributed by atoms with Gasteiger partial charge in [-0.2, -0.15) is 0 Å². The van der Waals surface area contributed by atoms with Gasteiger partial charge in [0, 0.05) is 124 Å². The molecular formula is C122H80N8. The van der Waals surface area contributed by atoms with Crippen LogP contribution in [0.25, 0.3) is 231 Å². The first-order valence-electron chi connectivity index (χ1n) is 44.4. The molecule has 0 N–H and O–H groups in total. The molecule has 8 aromatic heterocycles. The summed E-state index contributed by atoms with van der Waals surface area (Å²) in [6.07, 6.45) is 7.40. The highest BCUT2D eigenvalue weighted by molar-refractivity contribution is 6.23. The normalized spacial score (nSPS) is 11.7. The fourth-order valence-corrected chi connectivity index (χ4v) is 20.4. The Labute approximate surface area is 749 Å². The molecule has 0 bridgehead atoms. The summed E-state index contributed by atoms with van der Waals surface area (Å²) in [4.78, 5) is 8.45. The van der Waals surface area contributed by atoms with E-state index in [2.05, 4.69) is 480 Å². The summed E-state index contributed by atoms with van der Waals surface area (Å²) in [6.45, 7) is 0. The van der Waals surface area contributed by atoms with Gasteiger partial charge in [0.05, 0.1) is 66.2 Å². The zero-order valence-corrected chi connectivity index (χ0v) is 70.8. The SMILES string of the molecule is c1ccc(-n2c3ccccc3c3cc(-c4ccc5c(c4)c4c6ccccc6ccc4n5-c4ccccc4)ccc32)cc1.c1ccc(-n2c3ccccc3c3cc(-c4ccc5c(c4)c4ccccc4n5-c4ccc(-c5cccnc5)cc4)ccc32)cc1.c1ccc(-n2c3ccccc3c3cc(-c4ccc5c(c4)c4ccccc4n5-c4ccc(-c5ccncc5)cc4)ccc32)cc1. The molecule has 27 aromatic rings. The number of aromatic nitrogens is 8. The van der Waals surface area contributed by atoms with Crippen LogP contribution in [0.1, 0.15) is 0 Å². The number of hydrogen-bond donors (Lipinski definition) is 0. The average Bonchev–Trinajstić information content (AvgIpc) is 1.57. The lowest BCUT2D eigenvalue weighted by atomic mass is 9.99. The van der Waals surface area contributed by atoms with Gasteiger partial charge < -0.3 is 27.4 Å². The van der Waals surface area contributed by atoms with E-state index in [1.54, 1.807) is 0 Å². The second kappa shape index (κ2) is 31.3. The third-order valence-corrected chi connectivity index (χ3v) is 26.3. The molecule has 8 heterocycles. The Bertz CT molecular complexity index is 8700. The first-order valence-corrected chi connectivity index (χ1v) is 44.4. The van der Waals surface area contributed by atoms with Gasteiger partial charge in [0.25, 0.3) is 0 Å². The zero-order chi connectivity index (χ0) is 85.7. The van der Waals surface area contributed by atoms with Crippen molar-refractivity contribution in [3.63, 3.8) is 0 Å². The Balaban J connectivity index is 0.000000105. The van der Waals surface area contributed by atoms with Crippen LogP contribution in [0.4, 0.5) is 0 Å². The van der Waals surface area contributed by atoms with Crippen molar-refractivity contribution in [2.45, 2.75) is 0 Å². The lowest BCUT2D eigenvalue weighted by Gasteiger charge is -2.10. The van der Waals surface area contributed by atoms with E-state index in [9.17, 15) is 0 Å². The van der Waals surface area contributed by atoms with E-state index in [1.807, 2.05) is 43.0 Å². The molecule has 130 heavy (non-hydrogen) atoms. The molecule has 0 fully saturated rings. The summed E-state index contributed by atoms with van der Waals surface area (Å²) in [7, 11) is 0. The quantitative estimate of drug-likeness (QED) is 0.130. The van der Waals surface area contributed by atoms with Crippen LogP contribution >= 0.6 is 0 Å². The minimum Gasteiger partial charge on any atom is -0.309 e. The second-order valence-electron chi connectivity index (χ2n) is 33.6. The van der Waals surface area contributed by atoms with Crippen molar-refractivity contribution in [3.05, 3.63) is 486 Å². The molecule has 0 amide bonds. The largest absolute Gasteiger partial charge is 0.309 e. The van der Waals surface area contributed by atoms with Crippen LogP contribution in [0.15, 0.2) is 486 Å². The number of hydrogen-bond acceptors (Lipinski definition) is 2. The maximum Gasteiger partial charge on any atom is 0.0547 e. The van der Waals surface area contributed by atoms with Crippen LogP contribution in [-0.2, 0) is 0 Å². The number of benzene rings is 19. The zero-order valence-electron chi connectivity index (χ0n) is 70.8. The summed E-state index contributed by atoms with van der Waals surface area (Å²) >= 11 is 0. The van der Waals surface area contributed by atoms with Crippen molar-refractivity contribution in [1.29, 1.82) is 0 Å². The Kier molecular flexibility index (Phi) is 18.1. The van der Waals surface area contributed by atoms with Crippen LogP contribution in [0.3, 0.4) is 0 Å². The minimum absolute atomic E-state index is 1.12. The van der Waals surface area contributed by atoms with Crippen molar-refractivity contribution < 1.29 is 0 Å². The maximum atomic E-state index is 4.29. The molecule has 8 heteroatoms. The Morgan fingerprint density at radius 2 is 0.377 bits per heavy atom. The lowest BCUT2D eigenvalue weighted by Crippen LogP contribution is -1.94. The minimum atomic E-state index is 1.12. The molecule has 0 saturated heterocycles. The monoisotopic (exact) mass is 1660 g/mol. The van der Waals surface area contributed by atoms with E-state index in [1.165, 1.54) is 209 Å². The van der Waals surface area contributed by atoms with Crippen LogP contribution in [0.5, 0.6) is 0 Å². The third kappa shape index (κ3) is 12.7. The average molecular weight is 1660 g/mol. The highest BCUT2D eigenvalue weighted by Crippen LogP contribution is 2.45. The third-order valence-electron chi connectivity index (χ3n) is 26.3. The van der Waals surface area contributed by atoms with E-state index in [0.717, 1.165) is 22.5 Å². The topological polar surface area (TPSA) is 55.4 Å². The molecule has 8 nitrogen and oxygen atoms in total. The van der Waals surface area contributed by atoms with Crippen LogP contribution in [0.2, 0.25) is 0 Å². The molecule has 19 aromatic carbocycles. The summed E-state index contributed by atoms with van der Waals surface area (Å²) in [5.41, 5.74) is 33.5. The molecule has 0 aliphatic rings. The van der Waals surface area contributed by atoms with Gasteiger partial charge in [0.1, 0.15) is 0 Å². The van der Waals surface area contributed by atoms with E-state index in [4.69, 9.17) is 0 Å². The first-order chi connectivity index (χ1) is 64.5. The van der Waals surface area contributed by atoms with Gasteiger partial charge in [-0.25, -0.2) is 0 Å². The first kappa shape index (κ1) is 75.1. The van der Waals surface area contributed by atoms with Gasteiger partial charge in [0.15, 0.2) is 0 Å². The molecule has 0 unspecified atom stereocenters. The van der Waals surface area contributed by atoms with Crippen molar-refractivity contribution in [1.82, 2.24) is 37.4 Å². The number of pyridine rings is 2. The molecule has 0 radical (unpaired) electrons. The summed E-state index contributed by atoms with van der Waals surface area (Å²) < 4.78 is 14.3. The second-order valence-corrected chi connectivity index (χ2v) is 33.6. The van der Waals surface area contributed by atoms with Crippen molar-refractivity contribution in [2.24, 2.45) is 0 Å². The fraction of sp³-hybridized carbons (Fsp3) is 0. The van der Waals surface area contributed by atoms with Crippen LogP contribution in [0, 0.1) is 0 Å². The molecule has 0 atom stereocenters. The summed E-state index contributed by atoms with van der Waals surface area (Å²) in [5, 5.41) is 17.7. The van der Waals surface area contributed by atoms with E-state index in [-0.39, 0.29) is 0 Å². The van der Waals surface area contributed by atoms with Crippen molar-refractivity contribution in [2.75, 3.05) is 0 Å². The number of rotatable bonds is 11. The van der Waals surface area contributed by atoms with Crippen molar-refractivity contribution in [3.8, 4) is 89.8 Å². The van der Waals surface area contributed by atoms with Gasteiger partial charge in [-0.3, -0.25) is 9.97 Å².